The molecule has 106 valence electrons. The Bertz CT molecular complexity index is 244. The highest BCUT2D eigenvalue weighted by Crippen LogP contribution is 2.15. The second-order valence-corrected chi connectivity index (χ2v) is 6.23. The van der Waals surface area contributed by atoms with Gasteiger partial charge in [0, 0.05) is 18.9 Å². The Morgan fingerprint density at radius 2 is 1.72 bits per heavy atom. The molecule has 0 aromatic rings. The molecule has 0 spiro atoms. The van der Waals surface area contributed by atoms with Crippen molar-refractivity contribution in [1.29, 1.82) is 0 Å². The fourth-order valence-corrected chi connectivity index (χ4v) is 2.22. The summed E-state index contributed by atoms with van der Waals surface area (Å²) in [4.78, 5) is 2.47. The molecule has 0 rings (SSSR count). The van der Waals surface area contributed by atoms with E-state index in [0.29, 0.717) is 5.92 Å². The summed E-state index contributed by atoms with van der Waals surface area (Å²) in [7, 11) is 2.24. The predicted molar refractivity (Wildman–Crippen MR) is 82.6 cm³/mol. The van der Waals surface area contributed by atoms with Crippen molar-refractivity contribution in [3.63, 3.8) is 0 Å². The minimum absolute atomic E-state index is 0.516. The van der Waals surface area contributed by atoms with Crippen LogP contribution in [0.3, 0.4) is 0 Å². The lowest BCUT2D eigenvalue weighted by molar-refractivity contribution is 0.265. The molecule has 1 atom stereocenters. The van der Waals surface area contributed by atoms with Gasteiger partial charge in [-0.3, -0.25) is 0 Å². The molecule has 1 unspecified atom stereocenters. The van der Waals surface area contributed by atoms with Crippen molar-refractivity contribution in [2.24, 2.45) is 17.8 Å². The van der Waals surface area contributed by atoms with Crippen molar-refractivity contribution >= 4 is 0 Å². The Hall–Kier alpha value is -0.480. The molecule has 0 radical (unpaired) electrons. The quantitative estimate of drug-likeness (QED) is 0.577. The predicted octanol–water partition coefficient (Wildman–Crippen LogP) is 4.43. The first-order valence-electron chi connectivity index (χ1n) is 7.62. The summed E-state index contributed by atoms with van der Waals surface area (Å²) in [6.45, 7) is 13.6. The molecule has 0 bridgehead atoms. The van der Waals surface area contributed by atoms with E-state index in [-0.39, 0.29) is 0 Å². The average Bonchev–Trinajstić information content (AvgIpc) is 2.26. The molecule has 0 saturated carbocycles. The van der Waals surface area contributed by atoms with E-state index in [1.165, 1.54) is 32.4 Å². The molecule has 0 fully saturated rings. The Labute approximate surface area is 115 Å². The van der Waals surface area contributed by atoms with E-state index in [1.54, 1.807) is 0 Å². The first-order chi connectivity index (χ1) is 8.45. The van der Waals surface area contributed by atoms with E-state index in [2.05, 4.69) is 58.4 Å². The average molecular weight is 251 g/mol. The van der Waals surface area contributed by atoms with Crippen LogP contribution in [-0.2, 0) is 0 Å². The van der Waals surface area contributed by atoms with Crippen LogP contribution in [0.1, 0.15) is 60.3 Å². The van der Waals surface area contributed by atoms with Gasteiger partial charge in [0.2, 0.25) is 0 Å². The van der Waals surface area contributed by atoms with Crippen LogP contribution in [0.15, 0.2) is 0 Å². The van der Waals surface area contributed by atoms with Crippen LogP contribution in [0, 0.1) is 29.6 Å². The summed E-state index contributed by atoms with van der Waals surface area (Å²) in [6, 6.07) is 0. The molecule has 0 saturated heterocycles. The third-order valence-corrected chi connectivity index (χ3v) is 3.24. The lowest BCUT2D eigenvalue weighted by atomic mass is 9.96. The molecule has 0 N–H and O–H groups in total. The molecule has 0 heterocycles. The number of hydrogen-bond acceptors (Lipinski definition) is 1. The van der Waals surface area contributed by atoms with Gasteiger partial charge >= 0.3 is 0 Å². The second kappa shape index (κ2) is 10.4. The number of hydrogen-bond donors (Lipinski definition) is 0. The summed E-state index contributed by atoms with van der Waals surface area (Å²) in [5.74, 6) is 8.70. The van der Waals surface area contributed by atoms with Crippen LogP contribution in [0.4, 0.5) is 0 Å². The minimum atomic E-state index is 0.516. The molecule has 1 nitrogen and oxygen atoms in total. The fourth-order valence-electron chi connectivity index (χ4n) is 2.22. The Morgan fingerprint density at radius 3 is 2.22 bits per heavy atom. The molecule has 1 heteroatoms. The van der Waals surface area contributed by atoms with E-state index in [0.717, 1.165) is 18.3 Å². The van der Waals surface area contributed by atoms with E-state index >= 15 is 0 Å². The van der Waals surface area contributed by atoms with Gasteiger partial charge in [0.05, 0.1) is 0 Å². The standard InChI is InChI=1S/C17H33N/c1-7-17(11-9-8-10-15(2)3)12-13-18(6)14-16(4)5/h15-17H,7,9,11-14H2,1-6H3. The van der Waals surface area contributed by atoms with Crippen molar-refractivity contribution in [3.8, 4) is 11.8 Å². The highest BCUT2D eigenvalue weighted by molar-refractivity contribution is 5.01. The smallest absolute Gasteiger partial charge is 0.0146 e. The summed E-state index contributed by atoms with van der Waals surface area (Å²) in [5, 5.41) is 0. The largest absolute Gasteiger partial charge is 0.306 e. The fraction of sp³-hybridized carbons (Fsp3) is 0.882. The Kier molecular flexibility index (Phi) is 10.2. The molecule has 0 aliphatic carbocycles. The maximum atomic E-state index is 3.31. The number of nitrogens with zero attached hydrogens (tertiary/aromatic N) is 1. The van der Waals surface area contributed by atoms with Crippen LogP contribution >= 0.6 is 0 Å². The van der Waals surface area contributed by atoms with E-state index in [9.17, 15) is 0 Å². The topological polar surface area (TPSA) is 3.24 Å². The van der Waals surface area contributed by atoms with Crippen LogP contribution < -0.4 is 0 Å². The van der Waals surface area contributed by atoms with Gasteiger partial charge in [0.15, 0.2) is 0 Å². The zero-order valence-corrected chi connectivity index (χ0v) is 13.4. The lowest BCUT2D eigenvalue weighted by Crippen LogP contribution is -2.25. The first kappa shape index (κ1) is 17.5. The van der Waals surface area contributed by atoms with Gasteiger partial charge in [-0.1, -0.05) is 41.0 Å². The summed E-state index contributed by atoms with van der Waals surface area (Å²) in [5.41, 5.74) is 0. The highest BCUT2D eigenvalue weighted by Gasteiger charge is 2.08. The van der Waals surface area contributed by atoms with Gasteiger partial charge < -0.3 is 4.90 Å². The van der Waals surface area contributed by atoms with E-state index in [1.807, 2.05) is 0 Å². The molecular formula is C17H33N. The SMILES string of the molecule is CCC(CCC#CC(C)C)CCN(C)CC(C)C. The van der Waals surface area contributed by atoms with Crippen molar-refractivity contribution in [3.05, 3.63) is 0 Å². The maximum Gasteiger partial charge on any atom is 0.0146 e. The monoisotopic (exact) mass is 251 g/mol. The van der Waals surface area contributed by atoms with Gasteiger partial charge in [0.25, 0.3) is 0 Å². The normalized spacial score (nSPS) is 12.9. The maximum absolute atomic E-state index is 3.31. The highest BCUT2D eigenvalue weighted by atomic mass is 15.1. The lowest BCUT2D eigenvalue weighted by Gasteiger charge is -2.21. The van der Waals surface area contributed by atoms with Crippen molar-refractivity contribution < 1.29 is 0 Å². The van der Waals surface area contributed by atoms with Gasteiger partial charge in [-0.15, -0.1) is 11.8 Å². The third kappa shape index (κ3) is 10.7. The van der Waals surface area contributed by atoms with Crippen LogP contribution in [0.5, 0.6) is 0 Å². The molecule has 18 heavy (non-hydrogen) atoms. The van der Waals surface area contributed by atoms with Crippen molar-refractivity contribution in [1.82, 2.24) is 4.90 Å². The summed E-state index contributed by atoms with van der Waals surface area (Å²) >= 11 is 0. The van der Waals surface area contributed by atoms with Gasteiger partial charge in [-0.2, -0.15) is 0 Å². The first-order valence-corrected chi connectivity index (χ1v) is 7.62. The van der Waals surface area contributed by atoms with Crippen molar-refractivity contribution in [2.75, 3.05) is 20.1 Å². The second-order valence-electron chi connectivity index (χ2n) is 6.23. The number of rotatable bonds is 8. The van der Waals surface area contributed by atoms with Gasteiger partial charge in [-0.05, 0) is 38.3 Å². The molecule has 0 aliphatic heterocycles. The molecule has 0 aromatic carbocycles. The van der Waals surface area contributed by atoms with E-state index in [4.69, 9.17) is 0 Å². The van der Waals surface area contributed by atoms with Crippen LogP contribution in [0.2, 0.25) is 0 Å². The van der Waals surface area contributed by atoms with Crippen LogP contribution in [0.25, 0.3) is 0 Å². The third-order valence-electron chi connectivity index (χ3n) is 3.24. The van der Waals surface area contributed by atoms with Gasteiger partial charge in [0.1, 0.15) is 0 Å². The van der Waals surface area contributed by atoms with E-state index < -0.39 is 0 Å². The Balaban J connectivity index is 3.81. The van der Waals surface area contributed by atoms with Gasteiger partial charge in [-0.25, -0.2) is 0 Å². The molecular weight excluding hydrogens is 218 g/mol. The molecule has 0 aromatic heterocycles. The molecule has 0 amide bonds. The Morgan fingerprint density at radius 1 is 1.06 bits per heavy atom. The van der Waals surface area contributed by atoms with Crippen molar-refractivity contribution in [2.45, 2.75) is 60.3 Å². The molecule has 0 aliphatic rings. The minimum Gasteiger partial charge on any atom is -0.306 e. The zero-order valence-electron chi connectivity index (χ0n) is 13.4. The summed E-state index contributed by atoms with van der Waals surface area (Å²) < 4.78 is 0. The summed E-state index contributed by atoms with van der Waals surface area (Å²) in [6.07, 6.45) is 4.96. The zero-order chi connectivity index (χ0) is 14.0. The van der Waals surface area contributed by atoms with Crippen LogP contribution in [-0.4, -0.2) is 25.0 Å².